The summed E-state index contributed by atoms with van der Waals surface area (Å²) in [5, 5.41) is 0.635. The van der Waals surface area contributed by atoms with Crippen molar-refractivity contribution in [2.45, 2.75) is 25.9 Å². The average molecular weight is 230 g/mol. The van der Waals surface area contributed by atoms with Crippen LogP contribution in [0.25, 0.3) is 0 Å². The molecule has 0 aliphatic rings. The lowest BCUT2D eigenvalue weighted by molar-refractivity contribution is 0.110. The summed E-state index contributed by atoms with van der Waals surface area (Å²) < 4.78 is 14.3. The molecule has 0 saturated heterocycles. The first kappa shape index (κ1) is 12.5. The highest BCUT2D eigenvalue weighted by Crippen LogP contribution is 2.26. The summed E-state index contributed by atoms with van der Waals surface area (Å²) in [5.41, 5.74) is 5.04. The molecule has 0 saturated carbocycles. The summed E-state index contributed by atoms with van der Waals surface area (Å²) >= 11 is 5.84. The van der Waals surface area contributed by atoms with Gasteiger partial charge < -0.3 is 5.73 Å². The maximum absolute atomic E-state index is 14.3. The first-order valence-corrected chi connectivity index (χ1v) is 5.49. The zero-order valence-electron chi connectivity index (χ0n) is 9.13. The number of rotatable bonds is 4. The van der Waals surface area contributed by atoms with E-state index in [1.54, 1.807) is 12.1 Å². The fourth-order valence-corrected chi connectivity index (χ4v) is 1.71. The minimum absolute atomic E-state index is 0.0389. The van der Waals surface area contributed by atoms with Crippen LogP contribution in [0.1, 0.15) is 19.4 Å². The van der Waals surface area contributed by atoms with Gasteiger partial charge in [0.05, 0.1) is 0 Å². The Morgan fingerprint density at radius 3 is 2.60 bits per heavy atom. The van der Waals surface area contributed by atoms with Gasteiger partial charge >= 0.3 is 0 Å². The predicted octanol–water partition coefficient (Wildman–Crippen LogP) is 3.21. The van der Waals surface area contributed by atoms with E-state index in [2.05, 4.69) is 0 Å². The van der Waals surface area contributed by atoms with Crippen LogP contribution in [-0.4, -0.2) is 12.2 Å². The van der Waals surface area contributed by atoms with Gasteiger partial charge in [-0.15, -0.1) is 0 Å². The SMILES string of the molecule is CC(C)C(F)(CN)Cc1cccc(Cl)c1. The van der Waals surface area contributed by atoms with Gasteiger partial charge in [0, 0.05) is 18.0 Å². The zero-order chi connectivity index (χ0) is 11.5. The summed E-state index contributed by atoms with van der Waals surface area (Å²) in [6.45, 7) is 3.73. The molecule has 1 rings (SSSR count). The Balaban J connectivity index is 2.84. The summed E-state index contributed by atoms with van der Waals surface area (Å²) in [7, 11) is 0. The molecule has 0 spiro atoms. The van der Waals surface area contributed by atoms with Crippen LogP contribution >= 0.6 is 11.6 Å². The quantitative estimate of drug-likeness (QED) is 0.843. The summed E-state index contributed by atoms with van der Waals surface area (Å²) in [6, 6.07) is 7.27. The van der Waals surface area contributed by atoms with E-state index < -0.39 is 5.67 Å². The molecule has 1 atom stereocenters. The minimum atomic E-state index is -1.34. The van der Waals surface area contributed by atoms with Crippen LogP contribution in [0.5, 0.6) is 0 Å². The highest BCUT2D eigenvalue weighted by molar-refractivity contribution is 6.30. The van der Waals surface area contributed by atoms with Gasteiger partial charge in [-0.3, -0.25) is 0 Å². The minimum Gasteiger partial charge on any atom is -0.328 e. The fourth-order valence-electron chi connectivity index (χ4n) is 1.50. The van der Waals surface area contributed by atoms with Crippen LogP contribution in [0.4, 0.5) is 4.39 Å². The van der Waals surface area contributed by atoms with E-state index in [4.69, 9.17) is 17.3 Å². The van der Waals surface area contributed by atoms with Crippen molar-refractivity contribution in [2.75, 3.05) is 6.54 Å². The normalized spacial score (nSPS) is 15.3. The number of benzene rings is 1. The maximum Gasteiger partial charge on any atom is 0.129 e. The van der Waals surface area contributed by atoms with Crippen LogP contribution in [-0.2, 0) is 6.42 Å². The molecular formula is C12H17ClFN. The summed E-state index contributed by atoms with van der Waals surface area (Å²) in [4.78, 5) is 0. The van der Waals surface area contributed by atoms with Crippen LogP contribution in [0, 0.1) is 5.92 Å². The number of halogens is 2. The lowest BCUT2D eigenvalue weighted by atomic mass is 9.86. The number of alkyl halides is 1. The lowest BCUT2D eigenvalue weighted by Crippen LogP contribution is -2.40. The highest BCUT2D eigenvalue weighted by atomic mass is 35.5. The molecule has 2 N–H and O–H groups in total. The van der Waals surface area contributed by atoms with E-state index >= 15 is 0 Å². The molecule has 1 nitrogen and oxygen atoms in total. The van der Waals surface area contributed by atoms with Gasteiger partial charge in [0.1, 0.15) is 5.67 Å². The Kier molecular flexibility index (Phi) is 4.12. The van der Waals surface area contributed by atoms with Gasteiger partial charge in [0.15, 0.2) is 0 Å². The van der Waals surface area contributed by atoms with E-state index in [1.165, 1.54) is 0 Å². The van der Waals surface area contributed by atoms with Crippen LogP contribution in [0.2, 0.25) is 5.02 Å². The molecule has 1 aromatic carbocycles. The Hall–Kier alpha value is -0.600. The largest absolute Gasteiger partial charge is 0.328 e. The van der Waals surface area contributed by atoms with Gasteiger partial charge in [0.25, 0.3) is 0 Å². The topological polar surface area (TPSA) is 26.0 Å². The van der Waals surface area contributed by atoms with Crippen LogP contribution in [0.15, 0.2) is 24.3 Å². The molecule has 0 aliphatic heterocycles. The molecule has 0 heterocycles. The van der Waals surface area contributed by atoms with E-state index in [9.17, 15) is 4.39 Å². The van der Waals surface area contributed by atoms with Crippen molar-refractivity contribution in [1.29, 1.82) is 0 Å². The third kappa shape index (κ3) is 3.18. The summed E-state index contributed by atoms with van der Waals surface area (Å²) in [6.07, 6.45) is 0.321. The van der Waals surface area contributed by atoms with Crippen molar-refractivity contribution >= 4 is 11.6 Å². The molecule has 0 radical (unpaired) electrons. The first-order valence-electron chi connectivity index (χ1n) is 5.11. The Morgan fingerprint density at radius 2 is 2.13 bits per heavy atom. The van der Waals surface area contributed by atoms with Gasteiger partial charge in [-0.1, -0.05) is 37.6 Å². The molecule has 1 aromatic rings. The maximum atomic E-state index is 14.3. The van der Waals surface area contributed by atoms with E-state index in [-0.39, 0.29) is 12.5 Å². The second kappa shape index (κ2) is 4.95. The van der Waals surface area contributed by atoms with E-state index in [1.807, 2.05) is 26.0 Å². The average Bonchev–Trinajstić information content (AvgIpc) is 2.17. The molecule has 0 aliphatic carbocycles. The monoisotopic (exact) mass is 229 g/mol. The van der Waals surface area contributed by atoms with Gasteiger partial charge in [-0.25, -0.2) is 4.39 Å². The molecule has 0 amide bonds. The molecule has 84 valence electrons. The number of nitrogens with two attached hydrogens (primary N) is 1. The third-order valence-corrected chi connectivity index (χ3v) is 3.00. The van der Waals surface area contributed by atoms with E-state index in [0.717, 1.165) is 5.56 Å². The van der Waals surface area contributed by atoms with Crippen molar-refractivity contribution in [2.24, 2.45) is 11.7 Å². The lowest BCUT2D eigenvalue weighted by Gasteiger charge is -2.28. The molecular weight excluding hydrogens is 213 g/mol. The predicted molar refractivity (Wildman–Crippen MR) is 62.9 cm³/mol. The Bertz CT molecular complexity index is 327. The summed E-state index contributed by atoms with van der Waals surface area (Å²) in [5.74, 6) is -0.0959. The molecule has 15 heavy (non-hydrogen) atoms. The van der Waals surface area contributed by atoms with Crippen molar-refractivity contribution in [1.82, 2.24) is 0 Å². The first-order chi connectivity index (χ1) is 6.98. The van der Waals surface area contributed by atoms with Crippen molar-refractivity contribution < 1.29 is 4.39 Å². The highest BCUT2D eigenvalue weighted by Gasteiger charge is 2.32. The second-order valence-electron chi connectivity index (χ2n) is 4.20. The molecule has 0 aromatic heterocycles. The molecule has 0 bridgehead atoms. The molecule has 1 unspecified atom stereocenters. The fraction of sp³-hybridized carbons (Fsp3) is 0.500. The van der Waals surface area contributed by atoms with Crippen LogP contribution < -0.4 is 5.73 Å². The van der Waals surface area contributed by atoms with Gasteiger partial charge in [-0.05, 0) is 23.6 Å². The van der Waals surface area contributed by atoms with Crippen LogP contribution in [0.3, 0.4) is 0 Å². The van der Waals surface area contributed by atoms with Crippen molar-refractivity contribution in [3.63, 3.8) is 0 Å². The standard InChI is InChI=1S/C12H17ClFN/c1-9(2)12(14,8-15)7-10-4-3-5-11(13)6-10/h3-6,9H,7-8,15H2,1-2H3. The second-order valence-corrected chi connectivity index (χ2v) is 4.64. The smallest absolute Gasteiger partial charge is 0.129 e. The van der Waals surface area contributed by atoms with E-state index in [0.29, 0.717) is 11.4 Å². The van der Waals surface area contributed by atoms with Gasteiger partial charge in [0.2, 0.25) is 0 Å². The molecule has 3 heteroatoms. The zero-order valence-corrected chi connectivity index (χ0v) is 9.89. The molecule has 0 fully saturated rings. The Morgan fingerprint density at radius 1 is 1.47 bits per heavy atom. The van der Waals surface area contributed by atoms with Crippen molar-refractivity contribution in [3.8, 4) is 0 Å². The Labute approximate surface area is 95.4 Å². The van der Waals surface area contributed by atoms with Crippen molar-refractivity contribution in [3.05, 3.63) is 34.9 Å². The number of hydrogen-bond acceptors (Lipinski definition) is 1. The van der Waals surface area contributed by atoms with Gasteiger partial charge in [-0.2, -0.15) is 0 Å². The third-order valence-electron chi connectivity index (χ3n) is 2.76. The number of hydrogen-bond donors (Lipinski definition) is 1.